The highest BCUT2D eigenvalue weighted by Crippen LogP contribution is 2.22. The Morgan fingerprint density at radius 2 is 1.22 bits per heavy atom. The lowest BCUT2D eigenvalue weighted by Crippen LogP contribution is -1.93. The molecule has 0 bridgehead atoms. The predicted molar refractivity (Wildman–Crippen MR) is 121 cm³/mol. The molecule has 0 aliphatic rings. The number of nitrogens with zero attached hydrogens (tertiary/aromatic N) is 1. The van der Waals surface area contributed by atoms with Crippen LogP contribution in [0.4, 0.5) is 0 Å². The van der Waals surface area contributed by atoms with Gasteiger partial charge in [0, 0.05) is 11.1 Å². The molecule has 0 unspecified atom stereocenters. The quantitative estimate of drug-likeness (QED) is 0.219. The van der Waals surface area contributed by atoms with Crippen molar-refractivity contribution in [3.05, 3.63) is 41.2 Å². The maximum absolute atomic E-state index is 6.18. The summed E-state index contributed by atoms with van der Waals surface area (Å²) in [5.41, 5.74) is 1.16. The van der Waals surface area contributed by atoms with Crippen LogP contribution in [-0.4, -0.2) is 4.98 Å². The van der Waals surface area contributed by atoms with Gasteiger partial charge in [-0.05, 0) is 24.3 Å². The van der Waals surface area contributed by atoms with Crippen molar-refractivity contribution in [1.29, 1.82) is 0 Å². The van der Waals surface area contributed by atoms with Gasteiger partial charge >= 0.3 is 0 Å². The molecular formula is C25H38ClN. The fourth-order valence-corrected chi connectivity index (χ4v) is 4.13. The van der Waals surface area contributed by atoms with E-state index in [1.807, 2.05) is 6.07 Å². The van der Waals surface area contributed by atoms with Crippen LogP contribution in [0.5, 0.6) is 0 Å². The zero-order chi connectivity index (χ0) is 19.2. The molecule has 0 aliphatic heterocycles. The molecule has 1 heterocycles. The number of unbranched alkanes of at least 4 members (excludes halogenated alkanes) is 13. The summed E-state index contributed by atoms with van der Waals surface area (Å²) in [5, 5.41) is 3.09. The van der Waals surface area contributed by atoms with Crippen LogP contribution in [0.1, 0.15) is 103 Å². The van der Waals surface area contributed by atoms with Crippen LogP contribution in [-0.2, 0) is 6.42 Å². The number of aryl methyl sites for hydroxylation is 1. The van der Waals surface area contributed by atoms with E-state index in [1.54, 1.807) is 0 Å². The number of rotatable bonds is 15. The van der Waals surface area contributed by atoms with Crippen LogP contribution in [0.3, 0.4) is 0 Å². The number of aromatic nitrogens is 1. The molecule has 2 aromatic rings. The van der Waals surface area contributed by atoms with Crippen LogP contribution in [0, 0.1) is 0 Å². The molecule has 0 saturated heterocycles. The highest BCUT2D eigenvalue weighted by Gasteiger charge is 2.04. The summed E-state index contributed by atoms with van der Waals surface area (Å²) >= 11 is 6.18. The number of benzene rings is 1. The Balaban J connectivity index is 1.48. The van der Waals surface area contributed by atoms with E-state index in [4.69, 9.17) is 11.6 Å². The molecule has 27 heavy (non-hydrogen) atoms. The average Bonchev–Trinajstić information content (AvgIpc) is 2.68. The van der Waals surface area contributed by atoms with Crippen molar-refractivity contribution >= 4 is 22.4 Å². The van der Waals surface area contributed by atoms with E-state index in [2.05, 4.69) is 36.2 Å². The van der Waals surface area contributed by atoms with Crippen molar-refractivity contribution in [3.8, 4) is 0 Å². The topological polar surface area (TPSA) is 12.9 Å². The zero-order valence-corrected chi connectivity index (χ0v) is 18.1. The minimum Gasteiger partial charge on any atom is -0.240 e. The molecule has 0 saturated carbocycles. The minimum absolute atomic E-state index is 0.620. The van der Waals surface area contributed by atoms with Gasteiger partial charge in [0.1, 0.15) is 5.15 Å². The highest BCUT2D eigenvalue weighted by molar-refractivity contribution is 6.30. The number of hydrogen-bond donors (Lipinski definition) is 0. The van der Waals surface area contributed by atoms with E-state index in [0.717, 1.165) is 12.1 Å². The summed E-state index contributed by atoms with van der Waals surface area (Å²) in [7, 11) is 0. The number of fused-ring (bicyclic) bond motifs is 1. The third-order valence-corrected chi connectivity index (χ3v) is 5.75. The highest BCUT2D eigenvalue weighted by atomic mass is 35.5. The minimum atomic E-state index is 0.620. The van der Waals surface area contributed by atoms with Gasteiger partial charge in [-0.15, -0.1) is 0 Å². The standard InChI is InChI=1S/C25H38ClN/c1-2-3-4-5-6-7-8-9-10-11-12-13-14-15-20-24-23-19-17-16-18-22(23)21-25(26)27-24/h16-19,21H,2-15,20H2,1H3. The van der Waals surface area contributed by atoms with Gasteiger partial charge in [-0.25, -0.2) is 4.98 Å². The Hall–Kier alpha value is -1.08. The number of pyridine rings is 1. The van der Waals surface area contributed by atoms with Crippen molar-refractivity contribution < 1.29 is 0 Å². The lowest BCUT2D eigenvalue weighted by atomic mass is 10.0. The maximum Gasteiger partial charge on any atom is 0.129 e. The van der Waals surface area contributed by atoms with Gasteiger partial charge < -0.3 is 0 Å². The molecule has 150 valence electrons. The Labute approximate surface area is 171 Å². The first-order valence-corrected chi connectivity index (χ1v) is 11.7. The smallest absolute Gasteiger partial charge is 0.129 e. The van der Waals surface area contributed by atoms with Crippen molar-refractivity contribution in [2.75, 3.05) is 0 Å². The summed E-state index contributed by atoms with van der Waals surface area (Å²) in [4.78, 5) is 4.57. The lowest BCUT2D eigenvalue weighted by molar-refractivity contribution is 0.535. The first kappa shape index (κ1) is 22.2. The van der Waals surface area contributed by atoms with Gasteiger partial charge in [0.25, 0.3) is 0 Å². The molecule has 0 aliphatic carbocycles. The first-order chi connectivity index (χ1) is 13.3. The second-order valence-corrected chi connectivity index (χ2v) is 8.35. The van der Waals surface area contributed by atoms with Gasteiger partial charge in [-0.2, -0.15) is 0 Å². The fourth-order valence-electron chi connectivity index (χ4n) is 3.91. The van der Waals surface area contributed by atoms with Crippen molar-refractivity contribution in [1.82, 2.24) is 4.98 Å². The van der Waals surface area contributed by atoms with E-state index in [-0.39, 0.29) is 0 Å². The van der Waals surface area contributed by atoms with E-state index in [1.165, 1.54) is 101 Å². The third kappa shape index (κ3) is 9.10. The molecule has 0 atom stereocenters. The molecule has 0 spiro atoms. The van der Waals surface area contributed by atoms with Crippen LogP contribution >= 0.6 is 11.6 Å². The summed E-state index contributed by atoms with van der Waals surface area (Å²) < 4.78 is 0. The van der Waals surface area contributed by atoms with E-state index >= 15 is 0 Å². The second kappa shape index (κ2) is 14.0. The van der Waals surface area contributed by atoms with Gasteiger partial charge in [0.05, 0.1) is 0 Å². The predicted octanol–water partition coefficient (Wildman–Crippen LogP) is 8.91. The van der Waals surface area contributed by atoms with Crippen LogP contribution in [0.25, 0.3) is 10.8 Å². The SMILES string of the molecule is CCCCCCCCCCCCCCCCc1nc(Cl)cc2ccccc12. The average molecular weight is 388 g/mol. The number of halogens is 1. The molecule has 0 amide bonds. The van der Waals surface area contributed by atoms with Gasteiger partial charge in [-0.1, -0.05) is 126 Å². The molecule has 0 fully saturated rings. The largest absolute Gasteiger partial charge is 0.240 e. The number of hydrogen-bond acceptors (Lipinski definition) is 1. The summed E-state index contributed by atoms with van der Waals surface area (Å²) in [5.74, 6) is 0. The van der Waals surface area contributed by atoms with Crippen LogP contribution in [0.2, 0.25) is 5.15 Å². The van der Waals surface area contributed by atoms with Crippen LogP contribution < -0.4 is 0 Å². The Morgan fingerprint density at radius 1 is 0.704 bits per heavy atom. The van der Waals surface area contributed by atoms with E-state index in [0.29, 0.717) is 5.15 Å². The normalized spacial score (nSPS) is 11.3. The Kier molecular flexibility index (Phi) is 11.5. The summed E-state index contributed by atoms with van der Waals surface area (Å²) in [6, 6.07) is 10.4. The summed E-state index contributed by atoms with van der Waals surface area (Å²) in [6.07, 6.45) is 20.6. The maximum atomic E-state index is 6.18. The summed E-state index contributed by atoms with van der Waals surface area (Å²) in [6.45, 7) is 2.29. The van der Waals surface area contributed by atoms with Crippen molar-refractivity contribution in [3.63, 3.8) is 0 Å². The van der Waals surface area contributed by atoms with Gasteiger partial charge in [-0.3, -0.25) is 0 Å². The third-order valence-electron chi connectivity index (χ3n) is 5.56. The molecule has 1 aromatic heterocycles. The van der Waals surface area contributed by atoms with Gasteiger partial charge in [0.15, 0.2) is 0 Å². The molecule has 2 heteroatoms. The first-order valence-electron chi connectivity index (χ1n) is 11.4. The van der Waals surface area contributed by atoms with E-state index < -0.39 is 0 Å². The molecule has 1 nitrogen and oxygen atoms in total. The van der Waals surface area contributed by atoms with Gasteiger partial charge in [0.2, 0.25) is 0 Å². The molecule has 1 aromatic carbocycles. The molecular weight excluding hydrogens is 350 g/mol. The zero-order valence-electron chi connectivity index (χ0n) is 17.3. The van der Waals surface area contributed by atoms with Crippen molar-refractivity contribution in [2.24, 2.45) is 0 Å². The molecule has 0 N–H and O–H groups in total. The lowest BCUT2D eigenvalue weighted by Gasteiger charge is -2.07. The molecule has 0 radical (unpaired) electrons. The van der Waals surface area contributed by atoms with Crippen molar-refractivity contribution in [2.45, 2.75) is 103 Å². The fraction of sp³-hybridized carbons (Fsp3) is 0.640. The monoisotopic (exact) mass is 387 g/mol. The Morgan fingerprint density at radius 3 is 1.81 bits per heavy atom. The van der Waals surface area contributed by atoms with Crippen LogP contribution in [0.15, 0.2) is 30.3 Å². The Bertz CT molecular complexity index is 637. The van der Waals surface area contributed by atoms with E-state index in [9.17, 15) is 0 Å². The molecule has 2 rings (SSSR count). The second-order valence-electron chi connectivity index (χ2n) is 7.96.